The molecule has 0 saturated carbocycles. The first kappa shape index (κ1) is 51.9. The number of allylic oxidation sites excluding steroid dienone is 4. The predicted molar refractivity (Wildman–Crippen MR) is 199 cm³/mol. The van der Waals surface area contributed by atoms with Gasteiger partial charge in [0.2, 0.25) is 8.32 Å². The van der Waals surface area contributed by atoms with Gasteiger partial charge in [-0.2, -0.15) is 0 Å². The third-order valence-corrected chi connectivity index (χ3v) is 7.53. The van der Waals surface area contributed by atoms with E-state index in [0.29, 0.717) is 11.9 Å². The Morgan fingerprint density at radius 1 is 0.875 bits per heavy atom. The zero-order valence-corrected chi connectivity index (χ0v) is 31.7. The molecule has 0 aromatic heterocycles. The van der Waals surface area contributed by atoms with Gasteiger partial charge in [0.15, 0.2) is 12.1 Å². The van der Waals surface area contributed by atoms with Crippen LogP contribution in [0.15, 0.2) is 85.9 Å². The minimum atomic E-state index is -1.43. The number of hydrogen-bond donors (Lipinski definition) is 2. The van der Waals surface area contributed by atoms with E-state index in [1.54, 1.807) is 20.1 Å². The second-order valence-corrected chi connectivity index (χ2v) is 15.7. The first-order valence-electron chi connectivity index (χ1n) is 15.3. The summed E-state index contributed by atoms with van der Waals surface area (Å²) in [6.45, 7) is 30.3. The predicted octanol–water partition coefficient (Wildman–Crippen LogP) is 6.54. The Hall–Kier alpha value is -2.90. The Kier molecular flexibility index (Phi) is 31.4. The van der Waals surface area contributed by atoms with Crippen molar-refractivity contribution in [3.05, 3.63) is 85.9 Å². The molecule has 0 spiro atoms. The molecule has 0 bridgehead atoms. The number of rotatable bonds is 16. The number of aliphatic hydroxyl groups is 2. The van der Waals surface area contributed by atoms with Gasteiger partial charge in [-0.1, -0.05) is 44.7 Å². The topological polar surface area (TPSA) is 130 Å². The quantitative estimate of drug-likeness (QED) is 0.0603. The average Bonchev–Trinajstić information content (AvgIpc) is 3.06. The van der Waals surface area contributed by atoms with Gasteiger partial charge in [-0.05, 0) is 59.0 Å². The van der Waals surface area contributed by atoms with Crippen LogP contribution in [0.2, 0.25) is 19.6 Å². The van der Waals surface area contributed by atoms with E-state index in [2.05, 4.69) is 63.7 Å². The van der Waals surface area contributed by atoms with Crippen LogP contribution < -0.4 is 0 Å². The first-order valence-corrected chi connectivity index (χ1v) is 18.7. The lowest BCUT2D eigenvalue weighted by molar-refractivity contribution is -0.128. The highest BCUT2D eigenvalue weighted by Crippen LogP contribution is 2.24. The van der Waals surface area contributed by atoms with Crippen LogP contribution in [-0.4, -0.2) is 102 Å². The molecule has 1 unspecified atom stereocenters. The summed E-state index contributed by atoms with van der Waals surface area (Å²) in [6, 6.07) is 0. The van der Waals surface area contributed by atoms with Gasteiger partial charge >= 0.3 is 0 Å². The Bertz CT molecular complexity index is 1000. The van der Waals surface area contributed by atoms with Gasteiger partial charge in [-0.25, -0.2) is 0 Å². The van der Waals surface area contributed by atoms with Crippen molar-refractivity contribution in [2.24, 2.45) is 5.92 Å². The number of methoxy groups -OCH3 is 4. The van der Waals surface area contributed by atoms with E-state index >= 15 is 0 Å². The SMILES string of the molecule is C.C/C=C(O[Si](C)(C)C)/C(C)=C/C.C=C[C@@H](C=O)OC.C=C[C@H](OC)C1OC=C(C)C(=O)[C@H]1C.C=C[C@H](OC)[C@H](O)[C@@H](O)[C@H](C=C)OC. The number of carbonyl (C=O) groups excluding carboxylic acids is 2. The minimum absolute atomic E-state index is 0. The van der Waals surface area contributed by atoms with Crippen molar-refractivity contribution in [2.75, 3.05) is 28.4 Å². The third-order valence-electron chi connectivity index (χ3n) is 6.70. The molecule has 1 heterocycles. The zero-order chi connectivity index (χ0) is 37.3. The van der Waals surface area contributed by atoms with E-state index in [9.17, 15) is 19.8 Å². The molecule has 0 radical (unpaired) electrons. The van der Waals surface area contributed by atoms with Crippen molar-refractivity contribution in [1.82, 2.24) is 0 Å². The van der Waals surface area contributed by atoms with E-state index in [4.69, 9.17) is 23.4 Å². The maximum Gasteiger partial charge on any atom is 0.242 e. The van der Waals surface area contributed by atoms with Gasteiger partial charge in [-0.3, -0.25) is 4.79 Å². The first-order chi connectivity index (χ1) is 22.0. The van der Waals surface area contributed by atoms with E-state index in [1.807, 2.05) is 26.8 Å². The van der Waals surface area contributed by atoms with E-state index in [0.717, 1.165) is 5.76 Å². The summed E-state index contributed by atoms with van der Waals surface area (Å²) < 4.78 is 30.8. The van der Waals surface area contributed by atoms with E-state index < -0.39 is 38.8 Å². The average molecular weight is 699 g/mol. The standard InChI is InChI=1S/C11H16O3.C10H18O4.C10H20OSi.C5H8O2.CH4/c1-5-9(13-4)11-8(3)10(12)7(2)6-14-11;1-5-7(13-3)9(11)10(12)8(6-2)14-4;1-7-9(3)10(8-2)11-12(4,5)6;1-3-5(4-6)7-2;/h5-6,8-9,11H,1H2,2-4H3;5-12H,1-2H2,3-4H3;7-8H,1-6H3;3-5H,1H2,2H3;1H4/b;;9-7+,10-8-;;/t8-,9+,11?;7-,8-,9-,10-;;5-;/m10.0./s1. The van der Waals surface area contributed by atoms with Crippen molar-refractivity contribution in [2.45, 2.75) is 104 Å². The van der Waals surface area contributed by atoms with Crippen LogP contribution in [0.25, 0.3) is 0 Å². The van der Waals surface area contributed by atoms with Crippen LogP contribution in [0.4, 0.5) is 0 Å². The van der Waals surface area contributed by atoms with Gasteiger partial charge in [0.25, 0.3) is 0 Å². The summed E-state index contributed by atoms with van der Waals surface area (Å²) in [5.41, 5.74) is 1.88. The summed E-state index contributed by atoms with van der Waals surface area (Å²) in [6.07, 6.45) is 7.90. The normalized spacial score (nSPS) is 19.7. The van der Waals surface area contributed by atoms with E-state index in [1.165, 1.54) is 51.4 Å². The summed E-state index contributed by atoms with van der Waals surface area (Å²) >= 11 is 0. The maximum absolute atomic E-state index is 11.6. The number of Topliss-reactive ketones (excluding diaryl/α,β-unsaturated/α-hetero) is 1. The van der Waals surface area contributed by atoms with Crippen LogP contribution in [0.5, 0.6) is 0 Å². The molecule has 0 fully saturated rings. The lowest BCUT2D eigenvalue weighted by Gasteiger charge is -2.31. The number of aldehydes is 1. The zero-order valence-electron chi connectivity index (χ0n) is 30.7. The Balaban J connectivity index is -0.000000274. The highest BCUT2D eigenvalue weighted by Gasteiger charge is 2.34. The summed E-state index contributed by atoms with van der Waals surface area (Å²) in [4.78, 5) is 21.4. The number of hydrogen-bond acceptors (Lipinski definition) is 10. The van der Waals surface area contributed by atoms with Crippen molar-refractivity contribution in [3.63, 3.8) is 0 Å². The van der Waals surface area contributed by atoms with Crippen molar-refractivity contribution in [3.8, 4) is 0 Å². The molecule has 8 atom stereocenters. The number of ether oxygens (including phenoxy) is 5. The van der Waals surface area contributed by atoms with Crippen LogP contribution in [0.1, 0.15) is 42.0 Å². The molecule has 11 heteroatoms. The van der Waals surface area contributed by atoms with Gasteiger partial charge < -0.3 is 43.1 Å². The van der Waals surface area contributed by atoms with Crippen LogP contribution in [0.3, 0.4) is 0 Å². The highest BCUT2D eigenvalue weighted by molar-refractivity contribution is 6.70. The van der Waals surface area contributed by atoms with Gasteiger partial charge in [0, 0.05) is 34.0 Å². The lowest BCUT2D eigenvalue weighted by Crippen LogP contribution is -2.44. The Morgan fingerprint density at radius 2 is 1.35 bits per heavy atom. The molecular weight excluding hydrogens is 632 g/mol. The second-order valence-electron chi connectivity index (χ2n) is 11.3. The number of aliphatic hydroxyl groups excluding tert-OH is 2. The Labute approximate surface area is 292 Å². The lowest BCUT2D eigenvalue weighted by atomic mass is 9.90. The molecule has 0 aromatic carbocycles. The smallest absolute Gasteiger partial charge is 0.242 e. The molecule has 1 aliphatic heterocycles. The second kappa shape index (κ2) is 29.1. The van der Waals surface area contributed by atoms with Crippen molar-refractivity contribution in [1.29, 1.82) is 0 Å². The summed E-state index contributed by atoms with van der Waals surface area (Å²) in [7, 11) is 4.47. The molecule has 0 saturated heterocycles. The summed E-state index contributed by atoms with van der Waals surface area (Å²) in [5, 5.41) is 19.3. The molecule has 0 aromatic rings. The fraction of sp³-hybridized carbons (Fsp3) is 0.568. The fourth-order valence-corrected chi connectivity index (χ4v) is 4.72. The molecule has 2 N–H and O–H groups in total. The molecule has 48 heavy (non-hydrogen) atoms. The number of carbonyl (C=O) groups is 2. The molecule has 1 aliphatic rings. The van der Waals surface area contributed by atoms with Gasteiger partial charge in [-0.15, -0.1) is 26.3 Å². The van der Waals surface area contributed by atoms with Crippen molar-refractivity contribution >= 4 is 20.4 Å². The van der Waals surface area contributed by atoms with Crippen LogP contribution in [0, 0.1) is 5.92 Å². The van der Waals surface area contributed by atoms with Crippen molar-refractivity contribution < 1.29 is 47.9 Å². The fourth-order valence-electron chi connectivity index (χ4n) is 3.78. The van der Waals surface area contributed by atoms with Crippen LogP contribution >= 0.6 is 0 Å². The monoisotopic (exact) mass is 698 g/mol. The number of ketones is 1. The highest BCUT2D eigenvalue weighted by atomic mass is 28.4. The maximum atomic E-state index is 11.6. The summed E-state index contributed by atoms with van der Waals surface area (Å²) in [5.74, 6) is 0.977. The Morgan fingerprint density at radius 3 is 1.60 bits per heavy atom. The molecule has 10 nitrogen and oxygen atoms in total. The molecular formula is C37H66O10Si. The van der Waals surface area contributed by atoms with Crippen LogP contribution in [-0.2, 0) is 37.7 Å². The van der Waals surface area contributed by atoms with Gasteiger partial charge in [0.1, 0.15) is 48.5 Å². The van der Waals surface area contributed by atoms with E-state index in [-0.39, 0.29) is 31.3 Å². The third kappa shape index (κ3) is 20.5. The molecule has 1 rings (SSSR count). The molecule has 0 amide bonds. The molecule has 0 aliphatic carbocycles. The van der Waals surface area contributed by atoms with Gasteiger partial charge in [0.05, 0.1) is 12.2 Å². The largest absolute Gasteiger partial charge is 0.544 e. The minimum Gasteiger partial charge on any atom is -0.544 e. The molecule has 278 valence electrons.